The summed E-state index contributed by atoms with van der Waals surface area (Å²) in [7, 11) is -1.90. The first-order chi connectivity index (χ1) is 9.83. The summed E-state index contributed by atoms with van der Waals surface area (Å²) >= 11 is 0. The standard InChI is InChI=1S/C15H23FN2O2S/c1-10-6-14(8-13(9-17-3)15(10)16)21(19,20)18-11(2)7-12-4-5-12/h6,8,11-12,17-18H,4-5,7,9H2,1-3H3. The Labute approximate surface area is 126 Å². The van der Waals surface area contributed by atoms with Crippen LogP contribution in [0.5, 0.6) is 0 Å². The molecule has 1 aromatic carbocycles. The molecule has 6 heteroatoms. The number of sulfonamides is 1. The van der Waals surface area contributed by atoms with Crippen LogP contribution in [0.1, 0.15) is 37.3 Å². The number of benzene rings is 1. The highest BCUT2D eigenvalue weighted by molar-refractivity contribution is 7.89. The Morgan fingerprint density at radius 3 is 2.62 bits per heavy atom. The SMILES string of the molecule is CNCc1cc(S(=O)(=O)NC(C)CC2CC2)cc(C)c1F. The normalized spacial score (nSPS) is 17.0. The third kappa shape index (κ3) is 4.25. The molecule has 1 aliphatic carbocycles. The second kappa shape index (κ2) is 6.42. The van der Waals surface area contributed by atoms with Gasteiger partial charge in [-0.1, -0.05) is 12.8 Å². The van der Waals surface area contributed by atoms with Crippen molar-refractivity contribution in [2.75, 3.05) is 7.05 Å². The first kappa shape index (κ1) is 16.4. The van der Waals surface area contributed by atoms with Crippen molar-refractivity contribution in [3.63, 3.8) is 0 Å². The maximum absolute atomic E-state index is 13.9. The fourth-order valence-corrected chi connectivity index (χ4v) is 3.91. The van der Waals surface area contributed by atoms with E-state index < -0.39 is 10.0 Å². The molecule has 0 heterocycles. The van der Waals surface area contributed by atoms with E-state index in [1.165, 1.54) is 25.0 Å². The zero-order valence-corrected chi connectivity index (χ0v) is 13.6. The van der Waals surface area contributed by atoms with Crippen LogP contribution in [0.3, 0.4) is 0 Å². The number of rotatable bonds is 7. The van der Waals surface area contributed by atoms with Crippen LogP contribution >= 0.6 is 0 Å². The van der Waals surface area contributed by atoms with Crippen LogP contribution in [0.25, 0.3) is 0 Å². The fraction of sp³-hybridized carbons (Fsp3) is 0.600. The Kier molecular flexibility index (Phi) is 5.01. The first-order valence-electron chi connectivity index (χ1n) is 7.29. The zero-order chi connectivity index (χ0) is 15.6. The van der Waals surface area contributed by atoms with Crippen molar-refractivity contribution in [3.8, 4) is 0 Å². The summed E-state index contributed by atoms with van der Waals surface area (Å²) in [4.78, 5) is 0.134. The molecular formula is C15H23FN2O2S. The minimum Gasteiger partial charge on any atom is -0.316 e. The molecule has 0 radical (unpaired) electrons. The summed E-state index contributed by atoms with van der Waals surface area (Å²) in [5.74, 6) is 0.298. The Morgan fingerprint density at radius 1 is 1.38 bits per heavy atom. The molecule has 21 heavy (non-hydrogen) atoms. The molecular weight excluding hydrogens is 291 g/mol. The number of aryl methyl sites for hydroxylation is 1. The van der Waals surface area contributed by atoms with Crippen LogP contribution in [0.2, 0.25) is 0 Å². The Morgan fingerprint density at radius 2 is 2.05 bits per heavy atom. The van der Waals surface area contributed by atoms with Gasteiger partial charge in [0, 0.05) is 18.2 Å². The molecule has 1 aliphatic rings. The highest BCUT2D eigenvalue weighted by atomic mass is 32.2. The molecule has 1 fully saturated rings. The van der Waals surface area contributed by atoms with Gasteiger partial charge in [-0.05, 0) is 50.9 Å². The van der Waals surface area contributed by atoms with Crippen LogP contribution in [0, 0.1) is 18.7 Å². The predicted molar refractivity (Wildman–Crippen MR) is 81.0 cm³/mol. The molecule has 1 aromatic rings. The molecule has 0 bridgehead atoms. The second-order valence-electron chi connectivity index (χ2n) is 5.95. The third-order valence-corrected chi connectivity index (χ3v) is 5.29. The van der Waals surface area contributed by atoms with E-state index in [1.54, 1.807) is 14.0 Å². The zero-order valence-electron chi connectivity index (χ0n) is 12.7. The van der Waals surface area contributed by atoms with Gasteiger partial charge >= 0.3 is 0 Å². The lowest BCUT2D eigenvalue weighted by molar-refractivity contribution is 0.529. The monoisotopic (exact) mass is 314 g/mol. The molecule has 118 valence electrons. The Bertz CT molecular complexity index is 612. The quantitative estimate of drug-likeness (QED) is 0.812. The minimum absolute atomic E-state index is 0.0967. The van der Waals surface area contributed by atoms with Gasteiger partial charge in [-0.25, -0.2) is 17.5 Å². The van der Waals surface area contributed by atoms with E-state index in [2.05, 4.69) is 10.0 Å². The molecule has 2 rings (SSSR count). The maximum atomic E-state index is 13.9. The first-order valence-corrected chi connectivity index (χ1v) is 8.77. The molecule has 4 nitrogen and oxygen atoms in total. The van der Waals surface area contributed by atoms with Crippen LogP contribution in [0.15, 0.2) is 17.0 Å². The van der Waals surface area contributed by atoms with E-state index in [1.807, 2.05) is 6.92 Å². The van der Waals surface area contributed by atoms with Crippen LogP contribution in [-0.4, -0.2) is 21.5 Å². The second-order valence-corrected chi connectivity index (χ2v) is 7.66. The van der Waals surface area contributed by atoms with E-state index >= 15 is 0 Å². The van der Waals surface area contributed by atoms with Gasteiger partial charge in [-0.2, -0.15) is 0 Å². The summed E-state index contributed by atoms with van der Waals surface area (Å²) in [5.41, 5.74) is 0.714. The van der Waals surface area contributed by atoms with Gasteiger partial charge < -0.3 is 5.32 Å². The molecule has 2 N–H and O–H groups in total. The molecule has 0 saturated heterocycles. The van der Waals surface area contributed by atoms with E-state index in [9.17, 15) is 12.8 Å². The number of hydrogen-bond acceptors (Lipinski definition) is 3. The summed E-state index contributed by atoms with van der Waals surface area (Å²) in [6, 6.07) is 2.70. The highest BCUT2D eigenvalue weighted by Gasteiger charge is 2.26. The van der Waals surface area contributed by atoms with E-state index in [0.717, 1.165) is 6.42 Å². The van der Waals surface area contributed by atoms with Gasteiger partial charge in [0.2, 0.25) is 10.0 Å². The summed E-state index contributed by atoms with van der Waals surface area (Å²) in [6.07, 6.45) is 3.24. The lowest BCUT2D eigenvalue weighted by atomic mass is 10.1. The molecule has 0 spiro atoms. The van der Waals surface area contributed by atoms with Crippen molar-refractivity contribution in [2.24, 2.45) is 5.92 Å². The summed E-state index contributed by atoms with van der Waals surface area (Å²) < 4.78 is 41.5. The molecule has 0 amide bonds. The van der Waals surface area contributed by atoms with Gasteiger partial charge in [0.15, 0.2) is 0 Å². The molecule has 1 saturated carbocycles. The lowest BCUT2D eigenvalue weighted by Crippen LogP contribution is -2.33. The topological polar surface area (TPSA) is 58.2 Å². The van der Waals surface area contributed by atoms with Crippen molar-refractivity contribution in [3.05, 3.63) is 29.1 Å². The largest absolute Gasteiger partial charge is 0.316 e. The van der Waals surface area contributed by atoms with Crippen LogP contribution in [0.4, 0.5) is 4.39 Å². The van der Waals surface area contributed by atoms with E-state index in [0.29, 0.717) is 23.6 Å². The average molecular weight is 314 g/mol. The van der Waals surface area contributed by atoms with E-state index in [-0.39, 0.29) is 16.8 Å². The minimum atomic E-state index is -3.60. The molecule has 1 unspecified atom stereocenters. The number of nitrogens with one attached hydrogen (secondary N) is 2. The van der Waals surface area contributed by atoms with E-state index in [4.69, 9.17) is 0 Å². The molecule has 0 aromatic heterocycles. The fourth-order valence-electron chi connectivity index (χ4n) is 2.52. The summed E-state index contributed by atoms with van der Waals surface area (Å²) in [6.45, 7) is 3.76. The molecule has 1 atom stereocenters. The van der Waals surface area contributed by atoms with Crippen molar-refractivity contribution in [1.82, 2.24) is 10.0 Å². The van der Waals surface area contributed by atoms with Crippen LogP contribution < -0.4 is 10.0 Å². The Balaban J connectivity index is 2.21. The van der Waals surface area contributed by atoms with Gasteiger partial charge in [0.05, 0.1) is 4.90 Å². The smallest absolute Gasteiger partial charge is 0.240 e. The van der Waals surface area contributed by atoms with Crippen molar-refractivity contribution in [2.45, 2.75) is 50.6 Å². The summed E-state index contributed by atoms with van der Waals surface area (Å²) in [5, 5.41) is 2.85. The maximum Gasteiger partial charge on any atom is 0.240 e. The third-order valence-electron chi connectivity index (χ3n) is 3.72. The average Bonchev–Trinajstić information content (AvgIpc) is 3.17. The number of halogens is 1. The molecule has 0 aliphatic heterocycles. The predicted octanol–water partition coefficient (Wildman–Crippen LogP) is 2.32. The Hall–Kier alpha value is -0.980. The van der Waals surface area contributed by atoms with Crippen LogP contribution in [-0.2, 0) is 16.6 Å². The van der Waals surface area contributed by atoms with Crippen molar-refractivity contribution < 1.29 is 12.8 Å². The highest BCUT2D eigenvalue weighted by Crippen LogP contribution is 2.33. The van der Waals surface area contributed by atoms with Gasteiger partial charge in [-0.15, -0.1) is 0 Å². The van der Waals surface area contributed by atoms with Gasteiger partial charge in [0.1, 0.15) is 5.82 Å². The van der Waals surface area contributed by atoms with Gasteiger partial charge in [0.25, 0.3) is 0 Å². The van der Waals surface area contributed by atoms with Crippen molar-refractivity contribution in [1.29, 1.82) is 0 Å². The number of hydrogen-bond donors (Lipinski definition) is 2. The lowest BCUT2D eigenvalue weighted by Gasteiger charge is -2.15. The van der Waals surface area contributed by atoms with Crippen molar-refractivity contribution >= 4 is 10.0 Å². The van der Waals surface area contributed by atoms with Gasteiger partial charge in [-0.3, -0.25) is 0 Å².